The van der Waals surface area contributed by atoms with Gasteiger partial charge in [0.15, 0.2) is 0 Å². The second-order valence-electron chi connectivity index (χ2n) is 3.94. The van der Waals surface area contributed by atoms with Gasteiger partial charge in [0.25, 0.3) is 0 Å². The fourth-order valence-corrected chi connectivity index (χ4v) is 2.14. The average Bonchev–Trinajstić information content (AvgIpc) is 2.79. The number of carbonyl (C=O) groups is 1. The molecular weight excluding hydrogens is 202 g/mol. The number of hydrogen-bond acceptors (Lipinski definition) is 2. The average molecular weight is 219 g/mol. The monoisotopic (exact) mass is 219 g/mol. The van der Waals surface area contributed by atoms with Gasteiger partial charge in [-0.05, 0) is 31.9 Å². The molecule has 0 saturated carbocycles. The molecule has 0 radical (unpaired) electrons. The second kappa shape index (κ2) is 4.96. The molecule has 4 heteroatoms. The molecule has 0 unspecified atom stereocenters. The normalized spacial score (nSPS) is 19.8. The van der Waals surface area contributed by atoms with Crippen LogP contribution < -0.4 is 5.32 Å². The number of nitrogens with one attached hydrogen (secondary N) is 1. The van der Waals surface area contributed by atoms with E-state index in [-0.39, 0.29) is 12.1 Å². The van der Waals surface area contributed by atoms with Crippen LogP contribution in [0, 0.1) is 0 Å². The first kappa shape index (κ1) is 10.9. The Morgan fingerprint density at radius 2 is 2.50 bits per heavy atom. The van der Waals surface area contributed by atoms with E-state index in [0.717, 1.165) is 25.1 Å². The van der Waals surface area contributed by atoms with Crippen LogP contribution in [0.2, 0.25) is 0 Å². The van der Waals surface area contributed by atoms with Crippen molar-refractivity contribution < 1.29 is 4.79 Å². The topological polar surface area (TPSA) is 45.2 Å². The molecule has 1 saturated heterocycles. The zero-order chi connectivity index (χ0) is 11.4. The number of amides is 2. The van der Waals surface area contributed by atoms with Crippen LogP contribution in [-0.4, -0.2) is 29.0 Å². The van der Waals surface area contributed by atoms with Crippen LogP contribution in [0.5, 0.6) is 0 Å². The van der Waals surface area contributed by atoms with Crippen molar-refractivity contribution in [2.24, 2.45) is 0 Å². The van der Waals surface area contributed by atoms with Crippen LogP contribution in [0.15, 0.2) is 24.4 Å². The summed E-state index contributed by atoms with van der Waals surface area (Å²) in [6, 6.07) is 6.02. The number of likely N-dealkylation sites (tertiary alicyclic amines) is 1. The van der Waals surface area contributed by atoms with Crippen LogP contribution >= 0.6 is 0 Å². The summed E-state index contributed by atoms with van der Waals surface area (Å²) < 4.78 is 0. The third-order valence-electron chi connectivity index (χ3n) is 2.87. The Morgan fingerprint density at radius 1 is 1.62 bits per heavy atom. The standard InChI is InChI=1S/C12H17N3O/c1-2-13-12(16)15-9-5-7-11(15)10-6-3-4-8-14-10/h3-4,6,8,11H,2,5,7,9H2,1H3,(H,13,16)/t11-/m1/s1. The second-order valence-corrected chi connectivity index (χ2v) is 3.94. The molecule has 1 fully saturated rings. The summed E-state index contributed by atoms with van der Waals surface area (Å²) in [5, 5.41) is 2.85. The van der Waals surface area contributed by atoms with Gasteiger partial charge in [-0.1, -0.05) is 6.07 Å². The molecule has 86 valence electrons. The lowest BCUT2D eigenvalue weighted by Crippen LogP contribution is -2.39. The molecular formula is C12H17N3O. The van der Waals surface area contributed by atoms with Gasteiger partial charge in [-0.3, -0.25) is 4.98 Å². The molecule has 2 rings (SSSR count). The maximum atomic E-state index is 11.8. The minimum atomic E-state index is 0.0238. The summed E-state index contributed by atoms with van der Waals surface area (Å²) in [6.45, 7) is 3.43. The molecule has 2 amide bonds. The van der Waals surface area contributed by atoms with Crippen molar-refractivity contribution in [3.63, 3.8) is 0 Å². The van der Waals surface area contributed by atoms with E-state index in [0.29, 0.717) is 6.54 Å². The minimum Gasteiger partial charge on any atom is -0.338 e. The van der Waals surface area contributed by atoms with Crippen LogP contribution in [-0.2, 0) is 0 Å². The molecule has 0 aliphatic carbocycles. The van der Waals surface area contributed by atoms with Crippen molar-refractivity contribution in [3.8, 4) is 0 Å². The van der Waals surface area contributed by atoms with Gasteiger partial charge in [0, 0.05) is 19.3 Å². The van der Waals surface area contributed by atoms with Crippen LogP contribution in [0.1, 0.15) is 31.5 Å². The van der Waals surface area contributed by atoms with Gasteiger partial charge in [0.1, 0.15) is 0 Å². The van der Waals surface area contributed by atoms with Crippen molar-refractivity contribution in [1.82, 2.24) is 15.2 Å². The highest BCUT2D eigenvalue weighted by molar-refractivity contribution is 5.74. The SMILES string of the molecule is CCNC(=O)N1CCC[C@@H]1c1ccccn1. The van der Waals surface area contributed by atoms with Crippen molar-refractivity contribution in [1.29, 1.82) is 0 Å². The van der Waals surface area contributed by atoms with E-state index in [2.05, 4.69) is 10.3 Å². The molecule has 4 nitrogen and oxygen atoms in total. The summed E-state index contributed by atoms with van der Waals surface area (Å²) in [4.78, 5) is 18.0. The van der Waals surface area contributed by atoms with Gasteiger partial charge in [-0.15, -0.1) is 0 Å². The van der Waals surface area contributed by atoms with Gasteiger partial charge >= 0.3 is 6.03 Å². The lowest BCUT2D eigenvalue weighted by molar-refractivity contribution is 0.192. The van der Waals surface area contributed by atoms with Gasteiger partial charge < -0.3 is 10.2 Å². The number of rotatable bonds is 2. The molecule has 16 heavy (non-hydrogen) atoms. The van der Waals surface area contributed by atoms with Crippen LogP contribution in [0.25, 0.3) is 0 Å². The van der Waals surface area contributed by atoms with E-state index in [9.17, 15) is 4.79 Å². The summed E-state index contributed by atoms with van der Waals surface area (Å²) in [5.41, 5.74) is 0.992. The third-order valence-corrected chi connectivity index (χ3v) is 2.87. The van der Waals surface area contributed by atoms with E-state index >= 15 is 0 Å². The summed E-state index contributed by atoms with van der Waals surface area (Å²) in [5.74, 6) is 0. The first-order chi connectivity index (χ1) is 7.83. The Balaban J connectivity index is 2.12. The highest BCUT2D eigenvalue weighted by atomic mass is 16.2. The highest BCUT2D eigenvalue weighted by Gasteiger charge is 2.30. The molecule has 0 bridgehead atoms. The summed E-state index contributed by atoms with van der Waals surface area (Å²) in [7, 11) is 0. The molecule has 1 aromatic heterocycles. The molecule has 1 aliphatic heterocycles. The predicted octanol–water partition coefficient (Wildman–Crippen LogP) is 1.95. The van der Waals surface area contributed by atoms with Crippen molar-refractivity contribution in [3.05, 3.63) is 30.1 Å². The largest absolute Gasteiger partial charge is 0.338 e. The van der Waals surface area contributed by atoms with Gasteiger partial charge in [0.2, 0.25) is 0 Å². The number of carbonyl (C=O) groups excluding carboxylic acids is 1. The molecule has 2 heterocycles. The minimum absolute atomic E-state index is 0.0238. The highest BCUT2D eigenvalue weighted by Crippen LogP contribution is 2.30. The molecule has 0 aromatic carbocycles. The summed E-state index contributed by atoms with van der Waals surface area (Å²) in [6.07, 6.45) is 3.84. The Labute approximate surface area is 95.7 Å². The van der Waals surface area contributed by atoms with Crippen molar-refractivity contribution >= 4 is 6.03 Å². The maximum Gasteiger partial charge on any atom is 0.317 e. The zero-order valence-electron chi connectivity index (χ0n) is 9.52. The van der Waals surface area contributed by atoms with Gasteiger partial charge in [-0.25, -0.2) is 4.79 Å². The van der Waals surface area contributed by atoms with E-state index in [1.165, 1.54) is 0 Å². The smallest absolute Gasteiger partial charge is 0.317 e. The van der Waals surface area contributed by atoms with E-state index in [4.69, 9.17) is 0 Å². The molecule has 1 aliphatic rings. The quantitative estimate of drug-likeness (QED) is 0.826. The first-order valence-corrected chi connectivity index (χ1v) is 5.78. The fourth-order valence-electron chi connectivity index (χ4n) is 2.14. The number of urea groups is 1. The Bertz CT molecular complexity index is 353. The third kappa shape index (κ3) is 2.15. The molecule has 1 aromatic rings. The summed E-state index contributed by atoms with van der Waals surface area (Å²) >= 11 is 0. The van der Waals surface area contributed by atoms with Gasteiger partial charge in [0.05, 0.1) is 11.7 Å². The molecule has 1 N–H and O–H groups in total. The molecule has 0 spiro atoms. The first-order valence-electron chi connectivity index (χ1n) is 5.78. The Hall–Kier alpha value is -1.58. The van der Waals surface area contributed by atoms with E-state index in [1.807, 2.05) is 30.0 Å². The number of aromatic nitrogens is 1. The Morgan fingerprint density at radius 3 is 3.19 bits per heavy atom. The fraction of sp³-hybridized carbons (Fsp3) is 0.500. The van der Waals surface area contributed by atoms with Crippen molar-refractivity contribution in [2.45, 2.75) is 25.8 Å². The van der Waals surface area contributed by atoms with Crippen molar-refractivity contribution in [2.75, 3.05) is 13.1 Å². The molecule has 1 atom stereocenters. The predicted molar refractivity (Wildman–Crippen MR) is 62.0 cm³/mol. The van der Waals surface area contributed by atoms with E-state index < -0.39 is 0 Å². The lowest BCUT2D eigenvalue weighted by atomic mass is 10.1. The Kier molecular flexibility index (Phi) is 3.39. The van der Waals surface area contributed by atoms with Gasteiger partial charge in [-0.2, -0.15) is 0 Å². The lowest BCUT2D eigenvalue weighted by Gasteiger charge is -2.24. The number of pyridine rings is 1. The number of hydrogen-bond donors (Lipinski definition) is 1. The van der Waals surface area contributed by atoms with Crippen LogP contribution in [0.3, 0.4) is 0 Å². The zero-order valence-corrected chi connectivity index (χ0v) is 9.52. The van der Waals surface area contributed by atoms with Crippen LogP contribution in [0.4, 0.5) is 4.79 Å². The van der Waals surface area contributed by atoms with E-state index in [1.54, 1.807) is 6.20 Å². The number of nitrogens with zero attached hydrogens (tertiary/aromatic N) is 2. The maximum absolute atomic E-state index is 11.8.